The summed E-state index contributed by atoms with van der Waals surface area (Å²) in [7, 11) is 0. The smallest absolute Gasteiger partial charge is 0.434 e. The van der Waals surface area contributed by atoms with Crippen LogP contribution in [0.2, 0.25) is 0 Å². The van der Waals surface area contributed by atoms with Gasteiger partial charge in [-0.3, -0.25) is 4.79 Å². The van der Waals surface area contributed by atoms with E-state index in [9.17, 15) is 18.0 Å². The summed E-state index contributed by atoms with van der Waals surface area (Å²) < 4.78 is 52.4. The molecule has 1 saturated heterocycles. The first-order valence-electron chi connectivity index (χ1n) is 10.5. The van der Waals surface area contributed by atoms with Gasteiger partial charge in [-0.2, -0.15) is 13.2 Å². The molecule has 14 heteroatoms. The Morgan fingerprint density at radius 1 is 1.31 bits per heavy atom. The van der Waals surface area contributed by atoms with Crippen molar-refractivity contribution in [2.75, 3.05) is 6.61 Å². The molecule has 3 aromatic heterocycles. The zero-order chi connectivity index (χ0) is 25.3. The summed E-state index contributed by atoms with van der Waals surface area (Å²) in [4.78, 5) is 19.8. The van der Waals surface area contributed by atoms with Gasteiger partial charge in [-0.15, -0.1) is 16.4 Å². The summed E-state index contributed by atoms with van der Waals surface area (Å²) in [6.45, 7) is 5.33. The lowest BCUT2D eigenvalue weighted by Crippen LogP contribution is -2.47. The number of esters is 1. The Bertz CT molecular complexity index is 1180. The van der Waals surface area contributed by atoms with E-state index >= 15 is 0 Å². The Morgan fingerprint density at radius 2 is 2.09 bits per heavy atom. The highest BCUT2D eigenvalue weighted by atomic mass is 79.9. The van der Waals surface area contributed by atoms with Gasteiger partial charge in [0.2, 0.25) is 0 Å². The van der Waals surface area contributed by atoms with Crippen LogP contribution in [-0.4, -0.2) is 49.1 Å². The SMILES string of the molecule is CC(=O)OCC1O[C@H](Sc2cnc(C(F)(F)F)c(Br)c2)C(C)[C@@H](n2cc(-c3nccs3)nn2)[C@H]1C. The Morgan fingerprint density at radius 3 is 2.71 bits per heavy atom. The van der Waals surface area contributed by atoms with Crippen LogP contribution in [0.25, 0.3) is 10.7 Å². The summed E-state index contributed by atoms with van der Waals surface area (Å²) in [5, 5.41) is 11.2. The average Bonchev–Trinajstić information content (AvgIpc) is 3.46. The number of carbonyl (C=O) groups is 1. The van der Waals surface area contributed by atoms with E-state index in [1.165, 1.54) is 42.3 Å². The van der Waals surface area contributed by atoms with Crippen LogP contribution in [0.5, 0.6) is 0 Å². The second-order valence-corrected chi connectivity index (χ2v) is 11.0. The van der Waals surface area contributed by atoms with Gasteiger partial charge in [0.15, 0.2) is 5.69 Å². The maximum Gasteiger partial charge on any atom is 0.434 e. The van der Waals surface area contributed by atoms with Gasteiger partial charge in [-0.05, 0) is 22.0 Å². The van der Waals surface area contributed by atoms with Gasteiger partial charge in [0.1, 0.15) is 22.7 Å². The molecule has 2 unspecified atom stereocenters. The molecular formula is C21H21BrF3N5O3S2. The summed E-state index contributed by atoms with van der Waals surface area (Å²) in [6, 6.07) is 1.19. The lowest BCUT2D eigenvalue weighted by molar-refractivity contribution is -0.156. The van der Waals surface area contributed by atoms with E-state index in [-0.39, 0.29) is 29.0 Å². The van der Waals surface area contributed by atoms with Crippen LogP contribution in [0.4, 0.5) is 13.2 Å². The Hall–Kier alpha value is -2.03. The molecule has 0 N–H and O–H groups in total. The molecule has 0 radical (unpaired) electrons. The molecule has 0 saturated carbocycles. The molecule has 1 aliphatic heterocycles. The van der Waals surface area contributed by atoms with Gasteiger partial charge in [0.25, 0.3) is 0 Å². The first-order chi connectivity index (χ1) is 16.5. The Balaban J connectivity index is 1.61. The van der Waals surface area contributed by atoms with E-state index < -0.39 is 29.4 Å². The third-order valence-electron chi connectivity index (χ3n) is 5.66. The van der Waals surface area contributed by atoms with E-state index in [0.717, 1.165) is 5.01 Å². The third kappa shape index (κ3) is 5.87. The molecule has 4 rings (SSSR count). The highest BCUT2D eigenvalue weighted by molar-refractivity contribution is 9.10. The molecule has 0 amide bonds. The fourth-order valence-electron chi connectivity index (χ4n) is 3.99. The summed E-state index contributed by atoms with van der Waals surface area (Å²) in [5.41, 5.74) is -0.826. The van der Waals surface area contributed by atoms with Crippen LogP contribution in [0.15, 0.2) is 39.4 Å². The highest BCUT2D eigenvalue weighted by Crippen LogP contribution is 2.45. The van der Waals surface area contributed by atoms with Crippen molar-refractivity contribution in [3.63, 3.8) is 0 Å². The molecular weight excluding hydrogens is 571 g/mol. The van der Waals surface area contributed by atoms with Crippen LogP contribution >= 0.6 is 39.0 Å². The number of aromatic nitrogens is 5. The molecule has 5 atom stereocenters. The number of rotatable bonds is 6. The minimum atomic E-state index is -4.56. The maximum atomic E-state index is 13.1. The molecule has 1 fully saturated rings. The van der Waals surface area contributed by atoms with E-state index in [4.69, 9.17) is 9.47 Å². The first kappa shape index (κ1) is 26.0. The molecule has 0 bridgehead atoms. The lowest BCUT2D eigenvalue weighted by Gasteiger charge is -2.44. The molecule has 4 heterocycles. The zero-order valence-electron chi connectivity index (χ0n) is 18.8. The number of thioether (sulfide) groups is 1. The topological polar surface area (TPSA) is 92.0 Å². The second kappa shape index (κ2) is 10.5. The van der Waals surface area contributed by atoms with Crippen molar-refractivity contribution in [1.29, 1.82) is 0 Å². The van der Waals surface area contributed by atoms with Crippen molar-refractivity contribution < 1.29 is 27.4 Å². The molecule has 1 aliphatic rings. The number of pyridine rings is 1. The maximum absolute atomic E-state index is 13.1. The number of thiazole rings is 1. The van der Waals surface area contributed by atoms with E-state index in [1.807, 2.05) is 25.4 Å². The largest absolute Gasteiger partial charge is 0.463 e. The molecule has 0 spiro atoms. The number of halogens is 4. The van der Waals surface area contributed by atoms with Crippen molar-refractivity contribution in [3.05, 3.63) is 40.2 Å². The van der Waals surface area contributed by atoms with Gasteiger partial charge in [0.05, 0.1) is 18.3 Å². The van der Waals surface area contributed by atoms with Crippen LogP contribution < -0.4 is 0 Å². The van der Waals surface area contributed by atoms with Crippen molar-refractivity contribution in [2.24, 2.45) is 11.8 Å². The van der Waals surface area contributed by atoms with Crippen LogP contribution in [-0.2, 0) is 20.4 Å². The molecule has 3 aromatic rings. The highest BCUT2D eigenvalue weighted by Gasteiger charge is 2.44. The minimum Gasteiger partial charge on any atom is -0.463 e. The zero-order valence-corrected chi connectivity index (χ0v) is 22.0. The fourth-order valence-corrected chi connectivity index (χ4v) is 6.44. The molecule has 188 valence electrons. The van der Waals surface area contributed by atoms with Crippen molar-refractivity contribution >= 4 is 45.0 Å². The normalized spacial score (nSPS) is 24.9. The van der Waals surface area contributed by atoms with Crippen LogP contribution in [0.3, 0.4) is 0 Å². The fraction of sp³-hybridized carbons (Fsp3) is 0.476. The Labute approximate surface area is 215 Å². The quantitative estimate of drug-likeness (QED) is 0.348. The van der Waals surface area contributed by atoms with Gasteiger partial charge < -0.3 is 9.47 Å². The average molecular weight is 592 g/mol. The number of hydrogen-bond donors (Lipinski definition) is 0. The number of ether oxygens (including phenoxy) is 2. The molecule has 35 heavy (non-hydrogen) atoms. The van der Waals surface area contributed by atoms with Crippen molar-refractivity contribution in [2.45, 2.75) is 49.4 Å². The Kier molecular flexibility index (Phi) is 7.83. The summed E-state index contributed by atoms with van der Waals surface area (Å²) >= 11 is 5.68. The van der Waals surface area contributed by atoms with Gasteiger partial charge >= 0.3 is 12.1 Å². The van der Waals surface area contributed by atoms with E-state index in [0.29, 0.717) is 10.6 Å². The van der Waals surface area contributed by atoms with E-state index in [1.54, 1.807) is 10.9 Å². The number of carbonyl (C=O) groups excluding carboxylic acids is 1. The van der Waals surface area contributed by atoms with Gasteiger partial charge in [-0.1, -0.05) is 30.8 Å². The van der Waals surface area contributed by atoms with Gasteiger partial charge in [0, 0.05) is 45.9 Å². The number of alkyl halides is 3. The predicted molar refractivity (Wildman–Crippen MR) is 127 cm³/mol. The number of hydrogen-bond acceptors (Lipinski definition) is 9. The number of nitrogens with zero attached hydrogens (tertiary/aromatic N) is 5. The summed E-state index contributed by atoms with van der Waals surface area (Å²) in [5.74, 6) is -0.664. The third-order valence-corrected chi connectivity index (χ3v) is 8.33. The first-order valence-corrected chi connectivity index (χ1v) is 13.1. The van der Waals surface area contributed by atoms with Crippen molar-refractivity contribution in [3.8, 4) is 10.7 Å². The molecule has 8 nitrogen and oxygen atoms in total. The van der Waals surface area contributed by atoms with Gasteiger partial charge in [-0.25, -0.2) is 14.6 Å². The predicted octanol–water partition coefficient (Wildman–Crippen LogP) is 5.47. The molecule has 0 aliphatic carbocycles. The monoisotopic (exact) mass is 591 g/mol. The standard InChI is InChI=1S/C21H21BrF3N5O3S2/c1-10-16(9-32-12(3)31)33-20(35-13-6-14(22)18(27-7-13)21(23,24)25)11(2)17(10)30-8-15(28-29-30)19-26-4-5-34-19/h4-8,10-11,16-17,20H,9H2,1-3H3/t10-,11?,16?,17-,20+/m0/s1. The minimum absolute atomic E-state index is 0.0414. The van der Waals surface area contributed by atoms with Crippen molar-refractivity contribution in [1.82, 2.24) is 25.0 Å². The lowest BCUT2D eigenvalue weighted by atomic mass is 9.84. The van der Waals surface area contributed by atoms with E-state index in [2.05, 4.69) is 36.2 Å². The second-order valence-electron chi connectivity index (χ2n) is 8.09. The summed E-state index contributed by atoms with van der Waals surface area (Å²) in [6.07, 6.45) is -0.331. The molecule has 0 aromatic carbocycles. The van der Waals surface area contributed by atoms with Crippen LogP contribution in [0.1, 0.15) is 32.5 Å². The van der Waals surface area contributed by atoms with Crippen LogP contribution in [0, 0.1) is 11.8 Å².